The van der Waals surface area contributed by atoms with Crippen molar-refractivity contribution >= 4 is 17.6 Å². The number of methoxy groups -OCH3 is 1. The van der Waals surface area contributed by atoms with Crippen LogP contribution in [0.1, 0.15) is 30.6 Å². The van der Waals surface area contributed by atoms with Gasteiger partial charge in [0.15, 0.2) is 6.10 Å². The van der Waals surface area contributed by atoms with E-state index in [4.69, 9.17) is 19.9 Å². The monoisotopic (exact) mass is 281 g/mol. The molecular formula is C14H19NO5. The minimum Gasteiger partial charge on any atom is -0.495 e. The summed E-state index contributed by atoms with van der Waals surface area (Å²) in [6.45, 7) is 3.66. The van der Waals surface area contributed by atoms with Gasteiger partial charge in [-0.25, -0.2) is 9.59 Å². The molecule has 0 saturated heterocycles. The lowest BCUT2D eigenvalue weighted by atomic mass is 10.2. The smallest absolute Gasteiger partial charge is 0.347 e. The third-order valence-corrected chi connectivity index (χ3v) is 2.63. The highest BCUT2D eigenvalue weighted by molar-refractivity contribution is 5.92. The number of carbonyl (C=O) groups is 2. The molecule has 0 radical (unpaired) electrons. The van der Waals surface area contributed by atoms with Gasteiger partial charge in [0, 0.05) is 0 Å². The summed E-state index contributed by atoms with van der Waals surface area (Å²) in [6.07, 6.45) is -0.568. The van der Waals surface area contributed by atoms with Crippen LogP contribution in [-0.4, -0.2) is 31.8 Å². The number of hydrogen-bond acceptors (Lipinski definition) is 6. The Labute approximate surface area is 117 Å². The second kappa shape index (κ2) is 7.37. The highest BCUT2D eigenvalue weighted by Crippen LogP contribution is 2.22. The SMILES string of the molecule is CCOC(=O)C(CC)OC(=O)c1ccc(OC)c(N)c1. The highest BCUT2D eigenvalue weighted by atomic mass is 16.6. The topological polar surface area (TPSA) is 87.8 Å². The Morgan fingerprint density at radius 3 is 2.50 bits per heavy atom. The molecule has 0 aromatic heterocycles. The molecule has 0 spiro atoms. The molecule has 1 atom stereocenters. The molecule has 0 aliphatic rings. The lowest BCUT2D eigenvalue weighted by Gasteiger charge is -2.15. The first kappa shape index (κ1) is 15.8. The molecule has 0 saturated carbocycles. The van der Waals surface area contributed by atoms with E-state index in [-0.39, 0.29) is 12.2 Å². The number of benzene rings is 1. The summed E-state index contributed by atoms with van der Waals surface area (Å²) in [6, 6.07) is 4.53. The number of hydrogen-bond donors (Lipinski definition) is 1. The summed E-state index contributed by atoms with van der Waals surface area (Å²) in [5.74, 6) is -0.705. The summed E-state index contributed by atoms with van der Waals surface area (Å²) in [5.41, 5.74) is 6.30. The van der Waals surface area contributed by atoms with E-state index in [0.29, 0.717) is 17.9 Å². The van der Waals surface area contributed by atoms with Crippen LogP contribution >= 0.6 is 0 Å². The zero-order valence-electron chi connectivity index (χ0n) is 11.8. The predicted molar refractivity (Wildman–Crippen MR) is 73.5 cm³/mol. The average Bonchev–Trinajstić information content (AvgIpc) is 2.44. The first-order chi connectivity index (χ1) is 9.53. The zero-order valence-corrected chi connectivity index (χ0v) is 11.8. The van der Waals surface area contributed by atoms with Crippen molar-refractivity contribution in [3.63, 3.8) is 0 Å². The number of nitrogen functional groups attached to an aromatic ring is 1. The minimum atomic E-state index is -0.911. The quantitative estimate of drug-likeness (QED) is 0.631. The van der Waals surface area contributed by atoms with E-state index in [1.165, 1.54) is 19.2 Å². The summed E-state index contributed by atoms with van der Waals surface area (Å²) in [5, 5.41) is 0. The zero-order chi connectivity index (χ0) is 15.1. The number of nitrogens with two attached hydrogens (primary N) is 1. The van der Waals surface area contributed by atoms with Crippen LogP contribution in [-0.2, 0) is 14.3 Å². The molecule has 0 amide bonds. The van der Waals surface area contributed by atoms with Crippen molar-refractivity contribution in [3.05, 3.63) is 23.8 Å². The van der Waals surface area contributed by atoms with Gasteiger partial charge in [-0.05, 0) is 31.5 Å². The minimum absolute atomic E-state index is 0.238. The molecule has 6 heteroatoms. The summed E-state index contributed by atoms with van der Waals surface area (Å²) < 4.78 is 15.0. The number of esters is 2. The van der Waals surface area contributed by atoms with E-state index in [2.05, 4.69) is 0 Å². The van der Waals surface area contributed by atoms with Crippen molar-refractivity contribution in [2.75, 3.05) is 19.5 Å². The second-order valence-corrected chi connectivity index (χ2v) is 4.01. The molecular weight excluding hydrogens is 262 g/mol. The van der Waals surface area contributed by atoms with Gasteiger partial charge in [0.2, 0.25) is 0 Å². The van der Waals surface area contributed by atoms with Gasteiger partial charge < -0.3 is 19.9 Å². The van der Waals surface area contributed by atoms with Gasteiger partial charge in [-0.15, -0.1) is 0 Å². The fourth-order valence-corrected chi connectivity index (χ4v) is 1.59. The lowest BCUT2D eigenvalue weighted by molar-refractivity contribution is -0.153. The van der Waals surface area contributed by atoms with E-state index in [9.17, 15) is 9.59 Å². The van der Waals surface area contributed by atoms with E-state index >= 15 is 0 Å². The van der Waals surface area contributed by atoms with Crippen LogP contribution < -0.4 is 10.5 Å². The van der Waals surface area contributed by atoms with Crippen LogP contribution in [0.3, 0.4) is 0 Å². The van der Waals surface area contributed by atoms with Gasteiger partial charge >= 0.3 is 11.9 Å². The summed E-state index contributed by atoms with van der Waals surface area (Å²) in [7, 11) is 1.48. The first-order valence-electron chi connectivity index (χ1n) is 6.34. The predicted octanol–water partition coefficient (Wildman–Crippen LogP) is 1.78. The van der Waals surface area contributed by atoms with E-state index in [1.54, 1.807) is 19.9 Å². The Bertz CT molecular complexity index is 486. The van der Waals surface area contributed by atoms with E-state index in [1.807, 2.05) is 0 Å². The van der Waals surface area contributed by atoms with Gasteiger partial charge in [0.25, 0.3) is 0 Å². The highest BCUT2D eigenvalue weighted by Gasteiger charge is 2.23. The Morgan fingerprint density at radius 1 is 1.30 bits per heavy atom. The number of ether oxygens (including phenoxy) is 3. The maximum absolute atomic E-state index is 11.9. The van der Waals surface area contributed by atoms with Crippen molar-refractivity contribution in [3.8, 4) is 5.75 Å². The van der Waals surface area contributed by atoms with Crippen molar-refractivity contribution in [1.29, 1.82) is 0 Å². The maximum atomic E-state index is 11.9. The molecule has 0 fully saturated rings. The van der Waals surface area contributed by atoms with Crippen molar-refractivity contribution in [1.82, 2.24) is 0 Å². The second-order valence-electron chi connectivity index (χ2n) is 4.01. The molecule has 1 rings (SSSR count). The van der Waals surface area contributed by atoms with Crippen molar-refractivity contribution < 1.29 is 23.8 Å². The molecule has 2 N–H and O–H groups in total. The van der Waals surface area contributed by atoms with Crippen LogP contribution in [0.25, 0.3) is 0 Å². The molecule has 6 nitrogen and oxygen atoms in total. The average molecular weight is 281 g/mol. The molecule has 0 heterocycles. The fraction of sp³-hybridized carbons (Fsp3) is 0.429. The van der Waals surface area contributed by atoms with E-state index in [0.717, 1.165) is 0 Å². The summed E-state index contributed by atoms with van der Waals surface area (Å²) in [4.78, 5) is 23.5. The van der Waals surface area contributed by atoms with E-state index < -0.39 is 18.0 Å². The molecule has 1 aromatic rings. The third-order valence-electron chi connectivity index (χ3n) is 2.63. The number of rotatable bonds is 6. The molecule has 110 valence electrons. The van der Waals surface area contributed by atoms with Crippen LogP contribution in [0.15, 0.2) is 18.2 Å². The Morgan fingerprint density at radius 2 is 2.00 bits per heavy atom. The van der Waals surface area contributed by atoms with Crippen molar-refractivity contribution in [2.24, 2.45) is 0 Å². The van der Waals surface area contributed by atoms with Gasteiger partial charge in [0.05, 0.1) is 25.0 Å². The maximum Gasteiger partial charge on any atom is 0.347 e. The molecule has 0 aliphatic carbocycles. The normalized spacial score (nSPS) is 11.6. The molecule has 0 bridgehead atoms. The standard InChI is InChI=1S/C14H19NO5/c1-4-11(14(17)19-5-2)20-13(16)9-6-7-12(18-3)10(15)8-9/h6-8,11H,4-5,15H2,1-3H3. The fourth-order valence-electron chi connectivity index (χ4n) is 1.59. The molecule has 20 heavy (non-hydrogen) atoms. The van der Waals surface area contributed by atoms with Crippen molar-refractivity contribution in [2.45, 2.75) is 26.4 Å². The number of carbonyl (C=O) groups excluding carboxylic acids is 2. The third kappa shape index (κ3) is 3.88. The molecule has 1 aromatic carbocycles. The van der Waals surface area contributed by atoms with Gasteiger partial charge in [-0.2, -0.15) is 0 Å². The Hall–Kier alpha value is -2.24. The van der Waals surface area contributed by atoms with Crippen LogP contribution in [0.4, 0.5) is 5.69 Å². The largest absolute Gasteiger partial charge is 0.495 e. The molecule has 0 aliphatic heterocycles. The molecule has 1 unspecified atom stereocenters. The van der Waals surface area contributed by atoms with Crippen LogP contribution in [0.5, 0.6) is 5.75 Å². The summed E-state index contributed by atoms with van der Waals surface area (Å²) >= 11 is 0. The lowest BCUT2D eigenvalue weighted by Crippen LogP contribution is -2.28. The van der Waals surface area contributed by atoms with Crippen LogP contribution in [0.2, 0.25) is 0 Å². The van der Waals surface area contributed by atoms with Crippen LogP contribution in [0, 0.1) is 0 Å². The Balaban J connectivity index is 2.79. The number of anilines is 1. The van der Waals surface area contributed by atoms with Gasteiger partial charge in [-0.3, -0.25) is 0 Å². The first-order valence-corrected chi connectivity index (χ1v) is 6.34. The van der Waals surface area contributed by atoms with Gasteiger partial charge in [0.1, 0.15) is 5.75 Å². The Kier molecular flexibility index (Phi) is 5.83. The van der Waals surface area contributed by atoms with Gasteiger partial charge in [-0.1, -0.05) is 6.92 Å².